The monoisotopic (exact) mass is 1480 g/mol. The summed E-state index contributed by atoms with van der Waals surface area (Å²) in [6.45, 7) is 0. The van der Waals surface area contributed by atoms with Gasteiger partial charge < -0.3 is 18.6 Å². The summed E-state index contributed by atoms with van der Waals surface area (Å²) < 4.78 is 12.9. The van der Waals surface area contributed by atoms with Gasteiger partial charge in [0.25, 0.3) is 0 Å². The minimum Gasteiger partial charge on any atom is -0.456 e. The summed E-state index contributed by atoms with van der Waals surface area (Å²) in [7, 11) is 0. The summed E-state index contributed by atoms with van der Waals surface area (Å²) in [6, 6.07) is 159. The SMILES string of the molecule is c1ccc(-c2ccc(N(c3ccc(-c4cc(-c5ccc(-c6ccc(N(c7ccc(-c8cccc(-c9cccc%10ccccc9%10)c8)cc7)c7ccccc7-c7ccc8oc9ccc%10ccccc%10c9c8c7)cc6)cc5)cc(-c5cccc6ccccc56)c4)cc3)c3ccccc3-c3ccc4c(ccc5oc6ccccc6c54)c3)cc2)cc1. The molecule has 0 aliphatic rings. The Morgan fingerprint density at radius 2 is 0.466 bits per heavy atom. The van der Waals surface area contributed by atoms with Crippen molar-refractivity contribution in [1.82, 2.24) is 0 Å². The van der Waals surface area contributed by atoms with Gasteiger partial charge in [0, 0.05) is 55.4 Å². The van der Waals surface area contributed by atoms with E-state index in [1.807, 2.05) is 6.07 Å². The summed E-state index contributed by atoms with van der Waals surface area (Å²) in [5.41, 5.74) is 30.5. The van der Waals surface area contributed by atoms with Crippen molar-refractivity contribution in [2.75, 3.05) is 9.80 Å². The van der Waals surface area contributed by atoms with Gasteiger partial charge in [-0.2, -0.15) is 0 Å². The highest BCUT2D eigenvalue weighted by atomic mass is 16.3. The smallest absolute Gasteiger partial charge is 0.136 e. The Morgan fingerprint density at radius 1 is 0.147 bits per heavy atom. The molecular weight excluding hydrogens is 1410 g/mol. The first-order chi connectivity index (χ1) is 57.5. The largest absolute Gasteiger partial charge is 0.456 e. The summed E-state index contributed by atoms with van der Waals surface area (Å²) >= 11 is 0. The molecule has 0 atom stereocenters. The maximum absolute atomic E-state index is 6.56. The van der Waals surface area contributed by atoms with Gasteiger partial charge in [-0.1, -0.05) is 315 Å². The fourth-order valence-electron chi connectivity index (χ4n) is 17.8. The van der Waals surface area contributed by atoms with Crippen molar-refractivity contribution in [3.05, 3.63) is 437 Å². The van der Waals surface area contributed by atoms with E-state index in [-0.39, 0.29) is 0 Å². The third kappa shape index (κ3) is 12.1. The Balaban J connectivity index is 0.615. The highest BCUT2D eigenvalue weighted by molar-refractivity contribution is 6.21. The van der Waals surface area contributed by atoms with Gasteiger partial charge in [-0.3, -0.25) is 0 Å². The minimum absolute atomic E-state index is 0.868. The number of hydrogen-bond acceptors (Lipinski definition) is 4. The number of rotatable bonds is 15. The quantitative estimate of drug-likeness (QED) is 0.102. The fourth-order valence-corrected chi connectivity index (χ4v) is 17.8. The number of hydrogen-bond donors (Lipinski definition) is 0. The standard InChI is InChI=1S/C112H72N2O2/c1-2-19-73(20-3-1)75-43-55-91(56-44-75)113(105-36-13-10-30-99(105)85-51-63-102-86(68-85)54-66-109-111(102)103-33-12-15-38-107(103)115-109)94-61-49-79(50-62-94)89-69-88(70-90(71-89)98-35-18-25-81-22-5-8-29-96(81)98)78-41-39-74(40-42-78)76-45-57-92(58-46-76)114(93-59-47-77(48-60-93)83-26-16-27-84(67-83)97-34-17-24-80-21-4-7-28-95(80)97)106-37-14-11-31-100(106)87-53-64-108-104(72-87)112-101-32-9-6-23-82(101)52-65-110(112)116-108/h1-72H. The van der Waals surface area contributed by atoms with Crippen LogP contribution in [0.3, 0.4) is 0 Å². The molecule has 0 amide bonds. The molecule has 20 aromatic carbocycles. The molecule has 4 nitrogen and oxygen atoms in total. The van der Waals surface area contributed by atoms with Gasteiger partial charge >= 0.3 is 0 Å². The van der Waals surface area contributed by atoms with Gasteiger partial charge in [-0.15, -0.1) is 0 Å². The van der Waals surface area contributed by atoms with Gasteiger partial charge in [0.05, 0.1) is 11.4 Å². The normalized spacial score (nSPS) is 11.6. The molecule has 116 heavy (non-hydrogen) atoms. The molecule has 0 spiro atoms. The molecule has 0 N–H and O–H groups in total. The van der Waals surface area contributed by atoms with Crippen LogP contribution in [0.25, 0.3) is 187 Å². The van der Waals surface area contributed by atoms with E-state index in [4.69, 9.17) is 8.83 Å². The van der Waals surface area contributed by atoms with Crippen molar-refractivity contribution in [3.8, 4) is 100 Å². The van der Waals surface area contributed by atoms with Crippen LogP contribution in [0.5, 0.6) is 0 Å². The van der Waals surface area contributed by atoms with Crippen molar-refractivity contribution in [2.24, 2.45) is 0 Å². The van der Waals surface area contributed by atoms with Gasteiger partial charge in [-0.25, -0.2) is 0 Å². The van der Waals surface area contributed by atoms with E-state index in [1.165, 1.54) is 60.0 Å². The lowest BCUT2D eigenvalue weighted by Gasteiger charge is -2.28. The number of fused-ring (bicyclic) bond motifs is 12. The molecule has 542 valence electrons. The Kier molecular flexibility index (Phi) is 16.6. The predicted molar refractivity (Wildman–Crippen MR) is 489 cm³/mol. The van der Waals surface area contributed by atoms with Crippen LogP contribution in [0.1, 0.15) is 0 Å². The lowest BCUT2D eigenvalue weighted by atomic mass is 9.90. The van der Waals surface area contributed by atoms with E-state index in [1.54, 1.807) is 0 Å². The summed E-state index contributed by atoms with van der Waals surface area (Å²) in [6.07, 6.45) is 0. The van der Waals surface area contributed by atoms with E-state index < -0.39 is 0 Å². The summed E-state index contributed by atoms with van der Waals surface area (Å²) in [4.78, 5) is 4.82. The molecule has 22 rings (SSSR count). The van der Waals surface area contributed by atoms with Crippen molar-refractivity contribution in [1.29, 1.82) is 0 Å². The lowest BCUT2D eigenvalue weighted by molar-refractivity contribution is 0.669. The molecule has 0 unspecified atom stereocenters. The molecule has 0 radical (unpaired) electrons. The van der Waals surface area contributed by atoms with E-state index in [0.29, 0.717) is 0 Å². The zero-order valence-electron chi connectivity index (χ0n) is 63.3. The highest BCUT2D eigenvalue weighted by Crippen LogP contribution is 2.48. The summed E-state index contributed by atoms with van der Waals surface area (Å²) in [5.74, 6) is 0. The number of anilines is 6. The predicted octanol–water partition coefficient (Wildman–Crippen LogP) is 32.0. The maximum Gasteiger partial charge on any atom is 0.136 e. The van der Waals surface area contributed by atoms with Crippen LogP contribution in [0.2, 0.25) is 0 Å². The van der Waals surface area contributed by atoms with Crippen molar-refractivity contribution in [3.63, 3.8) is 0 Å². The number of furan rings is 2. The van der Waals surface area contributed by atoms with E-state index >= 15 is 0 Å². The van der Waals surface area contributed by atoms with Gasteiger partial charge in [0.15, 0.2) is 0 Å². The fraction of sp³-hybridized carbons (Fsp3) is 0. The second-order valence-electron chi connectivity index (χ2n) is 30.2. The average Bonchev–Trinajstić information content (AvgIpc) is 1.55. The molecule has 2 aromatic heterocycles. The first-order valence-corrected chi connectivity index (χ1v) is 39.7. The van der Waals surface area contributed by atoms with Crippen LogP contribution in [0, 0.1) is 0 Å². The molecule has 0 saturated carbocycles. The number of benzene rings is 20. The second kappa shape index (κ2) is 28.4. The first-order valence-electron chi connectivity index (χ1n) is 39.7. The Hall–Kier alpha value is -15.4. The van der Waals surface area contributed by atoms with Crippen molar-refractivity contribution < 1.29 is 8.83 Å². The minimum atomic E-state index is 0.868. The first kappa shape index (κ1) is 67.5. The molecule has 0 fully saturated rings. The van der Waals surface area contributed by atoms with Gasteiger partial charge in [0.1, 0.15) is 22.3 Å². The Labute approximate surface area is 672 Å². The van der Waals surface area contributed by atoms with Crippen LogP contribution < -0.4 is 9.80 Å². The van der Waals surface area contributed by atoms with Crippen LogP contribution in [0.15, 0.2) is 446 Å². The zero-order chi connectivity index (χ0) is 76.6. The van der Waals surface area contributed by atoms with Gasteiger partial charge in [0.2, 0.25) is 0 Å². The molecule has 0 saturated heterocycles. The van der Waals surface area contributed by atoms with Crippen LogP contribution in [-0.2, 0) is 0 Å². The van der Waals surface area contributed by atoms with Crippen molar-refractivity contribution >= 4 is 121 Å². The topological polar surface area (TPSA) is 32.8 Å². The van der Waals surface area contributed by atoms with Crippen LogP contribution in [-0.4, -0.2) is 0 Å². The Bertz CT molecular complexity index is 7530. The number of nitrogens with zero attached hydrogens (tertiary/aromatic N) is 2. The van der Waals surface area contributed by atoms with E-state index in [9.17, 15) is 0 Å². The molecule has 0 bridgehead atoms. The van der Waals surface area contributed by atoms with Gasteiger partial charge in [-0.05, 0) is 253 Å². The molecule has 0 aliphatic carbocycles. The van der Waals surface area contributed by atoms with Crippen LogP contribution in [0.4, 0.5) is 34.1 Å². The zero-order valence-corrected chi connectivity index (χ0v) is 63.3. The van der Waals surface area contributed by atoms with Crippen molar-refractivity contribution in [2.45, 2.75) is 0 Å². The number of para-hydroxylation sites is 3. The van der Waals surface area contributed by atoms with Crippen LogP contribution >= 0.6 is 0 Å². The second-order valence-corrected chi connectivity index (χ2v) is 30.2. The molecule has 22 aromatic rings. The summed E-state index contributed by atoms with van der Waals surface area (Å²) in [5, 5.41) is 14.1. The average molecular weight is 1480 g/mol. The van der Waals surface area contributed by atoms with E-state index in [0.717, 1.165) is 161 Å². The Morgan fingerprint density at radius 3 is 1.03 bits per heavy atom. The lowest BCUT2D eigenvalue weighted by Crippen LogP contribution is -2.11. The maximum atomic E-state index is 6.56. The molecular formula is C112H72N2O2. The molecule has 4 heteroatoms. The third-order valence-electron chi connectivity index (χ3n) is 23.5. The third-order valence-corrected chi connectivity index (χ3v) is 23.5. The molecule has 2 heterocycles. The van der Waals surface area contributed by atoms with E-state index in [2.05, 4.69) is 441 Å². The highest BCUT2D eigenvalue weighted by Gasteiger charge is 2.24. The molecule has 0 aliphatic heterocycles.